The topological polar surface area (TPSA) is 34.2 Å². The zero-order valence-corrected chi connectivity index (χ0v) is 12.0. The molecule has 2 rings (SSSR count). The van der Waals surface area contributed by atoms with E-state index >= 15 is 0 Å². The van der Waals surface area contributed by atoms with E-state index in [1.807, 2.05) is 19.9 Å². The Labute approximate surface area is 118 Å². The van der Waals surface area contributed by atoms with Crippen LogP contribution < -0.4 is 10.1 Å². The van der Waals surface area contributed by atoms with Crippen LogP contribution in [0.25, 0.3) is 0 Å². The van der Waals surface area contributed by atoms with Crippen LogP contribution in [0, 0.1) is 12.7 Å². The lowest BCUT2D eigenvalue weighted by atomic mass is 9.96. The van der Waals surface area contributed by atoms with E-state index in [0.29, 0.717) is 11.3 Å². The highest BCUT2D eigenvalue weighted by Gasteiger charge is 2.19. The molecule has 0 bridgehead atoms. The highest BCUT2D eigenvalue weighted by molar-refractivity contribution is 5.38. The Kier molecular flexibility index (Phi) is 4.69. The summed E-state index contributed by atoms with van der Waals surface area (Å²) in [7, 11) is 1.53. The van der Waals surface area contributed by atoms with Gasteiger partial charge in [-0.15, -0.1) is 0 Å². The number of pyridine rings is 1. The fraction of sp³-hybridized carbons (Fsp3) is 0.312. The molecule has 2 aromatic rings. The summed E-state index contributed by atoms with van der Waals surface area (Å²) in [5.74, 6) is 0.239. The van der Waals surface area contributed by atoms with E-state index < -0.39 is 0 Å². The van der Waals surface area contributed by atoms with E-state index in [2.05, 4.69) is 10.3 Å². The van der Waals surface area contributed by atoms with Gasteiger partial charge in [0.25, 0.3) is 0 Å². The number of rotatable bonds is 5. The number of benzene rings is 1. The average molecular weight is 274 g/mol. The first kappa shape index (κ1) is 14.5. The number of aromatic nitrogens is 1. The second-order valence-corrected chi connectivity index (χ2v) is 4.61. The van der Waals surface area contributed by atoms with Gasteiger partial charge in [-0.25, -0.2) is 4.39 Å². The first-order chi connectivity index (χ1) is 9.67. The number of hydrogen-bond donors (Lipinski definition) is 1. The zero-order valence-electron chi connectivity index (χ0n) is 12.0. The molecule has 0 spiro atoms. The molecule has 0 aliphatic carbocycles. The summed E-state index contributed by atoms with van der Waals surface area (Å²) in [6.45, 7) is 4.74. The summed E-state index contributed by atoms with van der Waals surface area (Å²) < 4.78 is 19.3. The van der Waals surface area contributed by atoms with Gasteiger partial charge in [0, 0.05) is 24.0 Å². The number of methoxy groups -OCH3 is 1. The molecule has 1 aromatic carbocycles. The number of aryl methyl sites for hydroxylation is 1. The third-order valence-electron chi connectivity index (χ3n) is 3.32. The normalized spacial score (nSPS) is 12.2. The van der Waals surface area contributed by atoms with E-state index in [9.17, 15) is 4.39 Å². The number of nitrogens with one attached hydrogen (secondary N) is 1. The lowest BCUT2D eigenvalue weighted by Crippen LogP contribution is -2.24. The van der Waals surface area contributed by atoms with Crippen molar-refractivity contribution in [2.24, 2.45) is 0 Å². The van der Waals surface area contributed by atoms with Crippen molar-refractivity contribution in [3.8, 4) is 5.75 Å². The number of nitrogens with zero attached hydrogens (tertiary/aromatic N) is 1. The zero-order chi connectivity index (χ0) is 14.5. The van der Waals surface area contributed by atoms with Crippen LogP contribution in [-0.4, -0.2) is 18.6 Å². The Bertz CT molecular complexity index is 586. The Morgan fingerprint density at radius 2 is 2.10 bits per heavy atom. The van der Waals surface area contributed by atoms with Gasteiger partial charge in [0.05, 0.1) is 13.2 Å². The Balaban J connectivity index is 2.46. The number of hydrogen-bond acceptors (Lipinski definition) is 3. The lowest BCUT2D eigenvalue weighted by Gasteiger charge is -2.21. The van der Waals surface area contributed by atoms with E-state index in [1.54, 1.807) is 24.5 Å². The molecule has 4 heteroatoms. The van der Waals surface area contributed by atoms with Crippen LogP contribution in [0.1, 0.15) is 29.7 Å². The second kappa shape index (κ2) is 6.48. The van der Waals surface area contributed by atoms with Crippen molar-refractivity contribution < 1.29 is 9.13 Å². The number of ether oxygens (including phenoxy) is 1. The smallest absolute Gasteiger partial charge is 0.132 e. The van der Waals surface area contributed by atoms with Crippen LogP contribution in [0.2, 0.25) is 0 Å². The van der Waals surface area contributed by atoms with Crippen molar-refractivity contribution >= 4 is 0 Å². The van der Waals surface area contributed by atoms with Crippen LogP contribution >= 0.6 is 0 Å². The maximum Gasteiger partial charge on any atom is 0.132 e. The average Bonchev–Trinajstić information content (AvgIpc) is 2.46. The van der Waals surface area contributed by atoms with Crippen LogP contribution in [0.4, 0.5) is 4.39 Å². The quantitative estimate of drug-likeness (QED) is 0.909. The van der Waals surface area contributed by atoms with E-state index in [1.165, 1.54) is 13.2 Å². The fourth-order valence-electron chi connectivity index (χ4n) is 2.24. The summed E-state index contributed by atoms with van der Waals surface area (Å²) in [6, 6.07) is 6.66. The number of halogens is 1. The summed E-state index contributed by atoms with van der Waals surface area (Å²) in [4.78, 5) is 4.15. The minimum Gasteiger partial charge on any atom is -0.497 e. The summed E-state index contributed by atoms with van der Waals surface area (Å²) in [6.07, 6.45) is 3.53. The predicted molar refractivity (Wildman–Crippen MR) is 77.4 cm³/mol. The van der Waals surface area contributed by atoms with E-state index in [4.69, 9.17) is 4.74 Å². The summed E-state index contributed by atoms with van der Waals surface area (Å²) in [5.41, 5.74) is 2.67. The van der Waals surface area contributed by atoms with Crippen molar-refractivity contribution in [1.82, 2.24) is 10.3 Å². The van der Waals surface area contributed by atoms with Gasteiger partial charge in [0.1, 0.15) is 11.6 Å². The predicted octanol–water partition coefficient (Wildman–Crippen LogP) is 3.24. The molecule has 1 N–H and O–H groups in total. The van der Waals surface area contributed by atoms with Gasteiger partial charge in [-0.3, -0.25) is 4.98 Å². The Morgan fingerprint density at radius 3 is 2.70 bits per heavy atom. The third-order valence-corrected chi connectivity index (χ3v) is 3.32. The molecule has 0 fully saturated rings. The van der Waals surface area contributed by atoms with Gasteiger partial charge in [0.15, 0.2) is 0 Å². The van der Waals surface area contributed by atoms with E-state index in [0.717, 1.165) is 17.7 Å². The summed E-state index contributed by atoms with van der Waals surface area (Å²) in [5, 5.41) is 3.31. The van der Waals surface area contributed by atoms with Gasteiger partial charge < -0.3 is 10.1 Å². The van der Waals surface area contributed by atoms with Gasteiger partial charge >= 0.3 is 0 Å². The molecule has 20 heavy (non-hydrogen) atoms. The van der Waals surface area contributed by atoms with Crippen LogP contribution in [-0.2, 0) is 0 Å². The highest BCUT2D eigenvalue weighted by Crippen LogP contribution is 2.28. The molecule has 0 radical (unpaired) electrons. The molecule has 1 heterocycles. The van der Waals surface area contributed by atoms with E-state index in [-0.39, 0.29) is 11.9 Å². The standard InChI is InChI=1S/C16H19FN2O/c1-4-19-16(14-10-18-8-7-11(14)2)13-6-5-12(20-3)9-15(13)17/h5-10,16,19H,4H2,1-3H3. The van der Waals surface area contributed by atoms with Crippen molar-refractivity contribution in [3.63, 3.8) is 0 Å². The Hall–Kier alpha value is -1.94. The maximum absolute atomic E-state index is 14.3. The molecule has 1 aromatic heterocycles. The van der Waals surface area contributed by atoms with Crippen LogP contribution in [0.3, 0.4) is 0 Å². The molecule has 106 valence electrons. The first-order valence-corrected chi connectivity index (χ1v) is 6.64. The molecule has 1 atom stereocenters. The SMILES string of the molecule is CCNC(c1cnccc1C)c1ccc(OC)cc1F. The monoisotopic (exact) mass is 274 g/mol. The van der Waals surface area contributed by atoms with Crippen LogP contribution in [0.15, 0.2) is 36.7 Å². The second-order valence-electron chi connectivity index (χ2n) is 4.61. The van der Waals surface area contributed by atoms with Gasteiger partial charge in [-0.1, -0.05) is 13.0 Å². The van der Waals surface area contributed by atoms with Gasteiger partial charge in [-0.05, 0) is 36.7 Å². The van der Waals surface area contributed by atoms with Gasteiger partial charge in [-0.2, -0.15) is 0 Å². The molecule has 0 saturated carbocycles. The van der Waals surface area contributed by atoms with Crippen molar-refractivity contribution in [2.45, 2.75) is 19.9 Å². The molecule has 3 nitrogen and oxygen atoms in total. The largest absolute Gasteiger partial charge is 0.497 e. The molecular formula is C16H19FN2O. The first-order valence-electron chi connectivity index (χ1n) is 6.64. The molecule has 0 saturated heterocycles. The molecule has 0 aliphatic heterocycles. The molecule has 0 amide bonds. The highest BCUT2D eigenvalue weighted by atomic mass is 19.1. The fourth-order valence-corrected chi connectivity index (χ4v) is 2.24. The molecule has 1 unspecified atom stereocenters. The van der Waals surface area contributed by atoms with Crippen molar-refractivity contribution in [3.05, 3.63) is 59.2 Å². The van der Waals surface area contributed by atoms with Crippen molar-refractivity contribution in [2.75, 3.05) is 13.7 Å². The molecule has 0 aliphatic rings. The van der Waals surface area contributed by atoms with Crippen LogP contribution in [0.5, 0.6) is 5.75 Å². The summed E-state index contributed by atoms with van der Waals surface area (Å²) >= 11 is 0. The Morgan fingerprint density at radius 1 is 1.30 bits per heavy atom. The van der Waals surface area contributed by atoms with Gasteiger partial charge in [0.2, 0.25) is 0 Å². The molecular weight excluding hydrogens is 255 g/mol. The minimum atomic E-state index is -0.279. The lowest BCUT2D eigenvalue weighted by molar-refractivity contribution is 0.410. The van der Waals surface area contributed by atoms with Crippen molar-refractivity contribution in [1.29, 1.82) is 0 Å². The minimum absolute atomic E-state index is 0.209. The maximum atomic E-state index is 14.3. The third kappa shape index (κ3) is 2.96.